The molecule has 0 bridgehead atoms. The lowest BCUT2D eigenvalue weighted by atomic mass is 9.96. The lowest BCUT2D eigenvalue weighted by Crippen LogP contribution is -2.19. The van der Waals surface area contributed by atoms with Crippen LogP contribution in [0.25, 0.3) is 10.1 Å². The molecule has 1 nitrogen and oxygen atoms in total. The van der Waals surface area contributed by atoms with Crippen LogP contribution in [0.15, 0.2) is 41.8 Å². The number of hydrogen-bond donors (Lipinski definition) is 1. The molecular formula is C17H15F2NS. The first kappa shape index (κ1) is 14.2. The molecule has 3 rings (SSSR count). The molecule has 108 valence electrons. The molecule has 0 aliphatic carbocycles. The van der Waals surface area contributed by atoms with E-state index in [2.05, 4.69) is 5.32 Å². The first-order valence-electron chi connectivity index (χ1n) is 6.70. The van der Waals surface area contributed by atoms with Crippen molar-refractivity contribution in [2.45, 2.75) is 13.0 Å². The zero-order valence-electron chi connectivity index (χ0n) is 11.8. The molecule has 3 aromatic rings. The topological polar surface area (TPSA) is 12.0 Å². The predicted molar refractivity (Wildman–Crippen MR) is 83.8 cm³/mol. The molecular weight excluding hydrogens is 288 g/mol. The van der Waals surface area contributed by atoms with Gasteiger partial charge in [-0.15, -0.1) is 11.3 Å². The van der Waals surface area contributed by atoms with Gasteiger partial charge >= 0.3 is 0 Å². The predicted octanol–water partition coefficient (Wildman–Crippen LogP) is 4.80. The third-order valence-electron chi connectivity index (χ3n) is 3.70. The SMILES string of the molecule is CNC(c1cc(F)c(C)cc1F)c1csc2ccccc12. The van der Waals surface area contributed by atoms with E-state index in [1.54, 1.807) is 25.3 Å². The molecule has 0 aliphatic rings. The van der Waals surface area contributed by atoms with E-state index >= 15 is 0 Å². The summed E-state index contributed by atoms with van der Waals surface area (Å²) in [6, 6.07) is 10.1. The van der Waals surface area contributed by atoms with Crippen LogP contribution in [-0.2, 0) is 0 Å². The lowest BCUT2D eigenvalue weighted by molar-refractivity contribution is 0.555. The number of aryl methyl sites for hydroxylation is 1. The summed E-state index contributed by atoms with van der Waals surface area (Å²) in [5.41, 5.74) is 1.63. The molecule has 1 heterocycles. The van der Waals surface area contributed by atoms with Crippen LogP contribution in [0, 0.1) is 18.6 Å². The van der Waals surface area contributed by atoms with Crippen LogP contribution in [0.5, 0.6) is 0 Å². The minimum absolute atomic E-state index is 0.321. The zero-order valence-corrected chi connectivity index (χ0v) is 12.6. The fourth-order valence-corrected chi connectivity index (χ4v) is 3.57. The highest BCUT2D eigenvalue weighted by molar-refractivity contribution is 7.17. The Morgan fingerprint density at radius 2 is 1.81 bits per heavy atom. The number of rotatable bonds is 3. The van der Waals surface area contributed by atoms with E-state index in [0.717, 1.165) is 15.6 Å². The summed E-state index contributed by atoms with van der Waals surface area (Å²) in [4.78, 5) is 0. The van der Waals surface area contributed by atoms with Gasteiger partial charge in [0.2, 0.25) is 0 Å². The van der Waals surface area contributed by atoms with Gasteiger partial charge in [0, 0.05) is 10.3 Å². The van der Waals surface area contributed by atoms with Crippen molar-refractivity contribution in [1.82, 2.24) is 5.32 Å². The van der Waals surface area contributed by atoms with Crippen molar-refractivity contribution in [3.8, 4) is 0 Å². The van der Waals surface area contributed by atoms with E-state index in [9.17, 15) is 8.78 Å². The second-order valence-corrected chi connectivity index (χ2v) is 5.94. The highest BCUT2D eigenvalue weighted by atomic mass is 32.1. The Morgan fingerprint density at radius 3 is 2.57 bits per heavy atom. The minimum Gasteiger partial charge on any atom is -0.309 e. The van der Waals surface area contributed by atoms with E-state index in [-0.39, 0.29) is 17.7 Å². The molecule has 1 N–H and O–H groups in total. The first-order valence-corrected chi connectivity index (χ1v) is 7.58. The number of benzene rings is 2. The molecule has 2 aromatic carbocycles. The summed E-state index contributed by atoms with van der Waals surface area (Å²) in [5.74, 6) is -0.769. The van der Waals surface area contributed by atoms with Crippen molar-refractivity contribution in [1.29, 1.82) is 0 Å². The summed E-state index contributed by atoms with van der Waals surface area (Å²) < 4.78 is 29.2. The fourth-order valence-electron chi connectivity index (χ4n) is 2.58. The molecule has 1 aromatic heterocycles. The van der Waals surface area contributed by atoms with Crippen molar-refractivity contribution in [3.05, 3.63) is 70.1 Å². The molecule has 0 radical (unpaired) electrons. The van der Waals surface area contributed by atoms with Gasteiger partial charge in [-0.3, -0.25) is 0 Å². The van der Waals surface area contributed by atoms with Crippen molar-refractivity contribution >= 4 is 21.4 Å². The number of hydrogen-bond acceptors (Lipinski definition) is 2. The number of nitrogens with one attached hydrogen (secondary N) is 1. The van der Waals surface area contributed by atoms with Gasteiger partial charge in [0.1, 0.15) is 11.6 Å². The molecule has 1 atom stereocenters. The zero-order chi connectivity index (χ0) is 15.0. The quantitative estimate of drug-likeness (QED) is 0.733. The Bertz CT molecular complexity index is 795. The average molecular weight is 303 g/mol. The molecule has 0 fully saturated rings. The van der Waals surface area contributed by atoms with E-state index in [1.165, 1.54) is 12.1 Å². The van der Waals surface area contributed by atoms with E-state index in [1.807, 2.05) is 29.6 Å². The molecule has 1 unspecified atom stereocenters. The Kier molecular flexibility index (Phi) is 3.74. The molecule has 0 saturated heterocycles. The van der Waals surface area contributed by atoms with Crippen LogP contribution in [0.3, 0.4) is 0 Å². The van der Waals surface area contributed by atoms with Gasteiger partial charge in [-0.1, -0.05) is 18.2 Å². The fraction of sp³-hybridized carbons (Fsp3) is 0.176. The molecule has 4 heteroatoms. The Balaban J connectivity index is 2.17. The minimum atomic E-state index is -0.386. The molecule has 0 saturated carbocycles. The maximum atomic E-state index is 14.3. The maximum Gasteiger partial charge on any atom is 0.128 e. The summed E-state index contributed by atoms with van der Waals surface area (Å²) in [7, 11) is 1.76. The van der Waals surface area contributed by atoms with Crippen LogP contribution in [-0.4, -0.2) is 7.05 Å². The highest BCUT2D eigenvalue weighted by Crippen LogP contribution is 2.34. The van der Waals surface area contributed by atoms with Crippen LogP contribution in [0.1, 0.15) is 22.7 Å². The van der Waals surface area contributed by atoms with Crippen molar-refractivity contribution < 1.29 is 8.78 Å². The number of thiophene rings is 1. The average Bonchev–Trinajstić information content (AvgIpc) is 2.89. The van der Waals surface area contributed by atoms with Gasteiger partial charge in [-0.25, -0.2) is 8.78 Å². The van der Waals surface area contributed by atoms with Crippen molar-refractivity contribution in [2.24, 2.45) is 0 Å². The maximum absolute atomic E-state index is 14.3. The Labute approximate surface area is 126 Å². The third-order valence-corrected chi connectivity index (χ3v) is 4.68. The largest absolute Gasteiger partial charge is 0.309 e. The monoisotopic (exact) mass is 303 g/mol. The summed E-state index contributed by atoms with van der Waals surface area (Å²) in [5, 5.41) is 6.17. The standard InChI is InChI=1S/C17H15F2NS/c1-10-7-15(19)12(8-14(10)18)17(20-2)13-9-21-16-6-4-3-5-11(13)16/h3-9,17,20H,1-2H3. The smallest absolute Gasteiger partial charge is 0.128 e. The van der Waals surface area contributed by atoms with Gasteiger partial charge in [-0.2, -0.15) is 0 Å². The van der Waals surface area contributed by atoms with Crippen molar-refractivity contribution in [3.63, 3.8) is 0 Å². The normalized spacial score (nSPS) is 12.8. The second-order valence-electron chi connectivity index (χ2n) is 5.03. The van der Waals surface area contributed by atoms with Crippen LogP contribution in [0.2, 0.25) is 0 Å². The van der Waals surface area contributed by atoms with Gasteiger partial charge in [0.05, 0.1) is 6.04 Å². The Hall–Kier alpha value is -1.78. The van der Waals surface area contributed by atoms with Crippen molar-refractivity contribution in [2.75, 3.05) is 7.05 Å². The number of fused-ring (bicyclic) bond motifs is 1. The van der Waals surface area contributed by atoms with E-state index < -0.39 is 0 Å². The van der Waals surface area contributed by atoms with Gasteiger partial charge < -0.3 is 5.32 Å². The Morgan fingerprint density at radius 1 is 1.05 bits per heavy atom. The van der Waals surface area contributed by atoms with Gasteiger partial charge in [0.25, 0.3) is 0 Å². The summed E-state index contributed by atoms with van der Waals surface area (Å²) in [6.45, 7) is 1.57. The lowest BCUT2D eigenvalue weighted by Gasteiger charge is -2.18. The van der Waals surface area contributed by atoms with Crippen LogP contribution < -0.4 is 5.32 Å². The van der Waals surface area contributed by atoms with Crippen LogP contribution >= 0.6 is 11.3 Å². The van der Waals surface area contributed by atoms with Gasteiger partial charge in [-0.05, 0) is 54.1 Å². The van der Waals surface area contributed by atoms with Crippen LogP contribution in [0.4, 0.5) is 8.78 Å². The molecule has 0 aliphatic heterocycles. The van der Waals surface area contributed by atoms with E-state index in [0.29, 0.717) is 11.1 Å². The molecule has 0 spiro atoms. The highest BCUT2D eigenvalue weighted by Gasteiger charge is 2.21. The first-order chi connectivity index (χ1) is 10.1. The molecule has 0 amide bonds. The molecule has 21 heavy (non-hydrogen) atoms. The van der Waals surface area contributed by atoms with E-state index in [4.69, 9.17) is 0 Å². The summed E-state index contributed by atoms with van der Waals surface area (Å²) >= 11 is 1.61. The van der Waals surface area contributed by atoms with Gasteiger partial charge in [0.15, 0.2) is 0 Å². The third kappa shape index (κ3) is 2.45. The summed E-state index contributed by atoms with van der Waals surface area (Å²) in [6.07, 6.45) is 0. The number of halogens is 2. The second kappa shape index (κ2) is 5.54.